The first-order chi connectivity index (χ1) is 8.62. The van der Waals surface area contributed by atoms with Gasteiger partial charge in [0.2, 0.25) is 0 Å². The van der Waals surface area contributed by atoms with Crippen molar-refractivity contribution >= 4 is 12.0 Å². The van der Waals surface area contributed by atoms with E-state index in [0.29, 0.717) is 11.3 Å². The predicted octanol–water partition coefficient (Wildman–Crippen LogP) is 2.08. The molecule has 0 saturated heterocycles. The SMILES string of the molecule is CCC(C)C(NC(=O)N(CC)CC(F)(F)F)C(=O)O. The van der Waals surface area contributed by atoms with Gasteiger partial charge in [0.05, 0.1) is 0 Å². The molecule has 0 aliphatic heterocycles. The summed E-state index contributed by atoms with van der Waals surface area (Å²) in [4.78, 5) is 23.1. The zero-order valence-electron chi connectivity index (χ0n) is 11.1. The fourth-order valence-corrected chi connectivity index (χ4v) is 1.45. The normalized spacial score (nSPS) is 14.6. The Labute approximate surface area is 109 Å². The first-order valence-corrected chi connectivity index (χ1v) is 5.97. The first-order valence-electron chi connectivity index (χ1n) is 5.97. The molecule has 2 N–H and O–H groups in total. The smallest absolute Gasteiger partial charge is 0.406 e. The summed E-state index contributed by atoms with van der Waals surface area (Å²) in [6.45, 7) is 3.18. The molecule has 0 fully saturated rings. The molecule has 5 nitrogen and oxygen atoms in total. The molecule has 0 bridgehead atoms. The van der Waals surface area contributed by atoms with Gasteiger partial charge >= 0.3 is 18.2 Å². The molecule has 19 heavy (non-hydrogen) atoms. The summed E-state index contributed by atoms with van der Waals surface area (Å²) in [5.41, 5.74) is 0. The van der Waals surface area contributed by atoms with Gasteiger partial charge < -0.3 is 15.3 Å². The highest BCUT2D eigenvalue weighted by atomic mass is 19.4. The molecule has 0 aromatic carbocycles. The van der Waals surface area contributed by atoms with E-state index in [9.17, 15) is 22.8 Å². The molecule has 0 radical (unpaired) electrons. The Bertz CT molecular complexity index is 321. The molecule has 2 unspecified atom stereocenters. The molecule has 8 heteroatoms. The van der Waals surface area contributed by atoms with Crippen molar-refractivity contribution in [2.75, 3.05) is 13.1 Å². The second kappa shape index (κ2) is 7.20. The van der Waals surface area contributed by atoms with E-state index in [0.717, 1.165) is 0 Å². The Morgan fingerprint density at radius 3 is 2.16 bits per heavy atom. The quantitative estimate of drug-likeness (QED) is 0.784. The fraction of sp³-hybridized carbons (Fsp3) is 0.818. The number of urea groups is 1. The van der Waals surface area contributed by atoms with Crippen LogP contribution in [0.1, 0.15) is 27.2 Å². The minimum absolute atomic E-state index is 0.155. The van der Waals surface area contributed by atoms with Crippen LogP contribution >= 0.6 is 0 Å². The third-order valence-electron chi connectivity index (χ3n) is 2.80. The summed E-state index contributed by atoms with van der Waals surface area (Å²) >= 11 is 0. The van der Waals surface area contributed by atoms with Crippen LogP contribution in [0.3, 0.4) is 0 Å². The molecular weight excluding hydrogens is 265 g/mol. The minimum atomic E-state index is -4.51. The van der Waals surface area contributed by atoms with E-state index in [1.807, 2.05) is 0 Å². The average molecular weight is 284 g/mol. The van der Waals surface area contributed by atoms with Crippen molar-refractivity contribution in [1.82, 2.24) is 10.2 Å². The third-order valence-corrected chi connectivity index (χ3v) is 2.80. The number of halogens is 3. The zero-order valence-corrected chi connectivity index (χ0v) is 11.1. The molecule has 0 rings (SSSR count). The van der Waals surface area contributed by atoms with Crippen LogP contribution in [0, 0.1) is 5.92 Å². The standard InChI is InChI=1S/C11H19F3N2O3/c1-4-7(3)8(9(17)18)15-10(19)16(5-2)6-11(12,13)14/h7-8H,4-6H2,1-3H3,(H,15,19)(H,17,18). The Balaban J connectivity index is 4.74. The van der Waals surface area contributed by atoms with E-state index < -0.39 is 30.8 Å². The lowest BCUT2D eigenvalue weighted by Crippen LogP contribution is -2.52. The van der Waals surface area contributed by atoms with Crippen LogP contribution in [-0.2, 0) is 4.79 Å². The number of rotatable bonds is 6. The lowest BCUT2D eigenvalue weighted by molar-refractivity contribution is -0.141. The molecule has 2 amide bonds. The van der Waals surface area contributed by atoms with Crippen LogP contribution < -0.4 is 5.32 Å². The number of hydrogen-bond donors (Lipinski definition) is 2. The number of carbonyl (C=O) groups is 2. The number of hydrogen-bond acceptors (Lipinski definition) is 2. The Morgan fingerprint density at radius 2 is 1.84 bits per heavy atom. The van der Waals surface area contributed by atoms with E-state index in [4.69, 9.17) is 5.11 Å². The zero-order chi connectivity index (χ0) is 15.2. The van der Waals surface area contributed by atoms with Gasteiger partial charge in [0, 0.05) is 6.54 Å². The summed E-state index contributed by atoms with van der Waals surface area (Å²) < 4.78 is 36.7. The molecule has 2 atom stereocenters. The number of carboxylic acid groups (broad SMARTS) is 1. The van der Waals surface area contributed by atoms with Crippen LogP contribution in [0.2, 0.25) is 0 Å². The third kappa shape index (κ3) is 6.30. The summed E-state index contributed by atoms with van der Waals surface area (Å²) in [6, 6.07) is -2.22. The molecule has 0 spiro atoms. The summed E-state index contributed by atoms with van der Waals surface area (Å²) in [5.74, 6) is -1.63. The second-order valence-electron chi connectivity index (χ2n) is 4.28. The van der Waals surface area contributed by atoms with Crippen LogP contribution in [0.15, 0.2) is 0 Å². The maximum absolute atomic E-state index is 12.2. The maximum Gasteiger partial charge on any atom is 0.406 e. The predicted molar refractivity (Wildman–Crippen MR) is 62.7 cm³/mol. The average Bonchev–Trinajstić information content (AvgIpc) is 2.30. The van der Waals surface area contributed by atoms with Gasteiger partial charge in [-0.1, -0.05) is 20.3 Å². The first kappa shape index (κ1) is 17.5. The van der Waals surface area contributed by atoms with E-state index in [-0.39, 0.29) is 12.5 Å². The van der Waals surface area contributed by atoms with Crippen molar-refractivity contribution in [2.24, 2.45) is 5.92 Å². The van der Waals surface area contributed by atoms with Crippen molar-refractivity contribution in [2.45, 2.75) is 39.4 Å². The Hall–Kier alpha value is -1.47. The van der Waals surface area contributed by atoms with Crippen molar-refractivity contribution < 1.29 is 27.9 Å². The van der Waals surface area contributed by atoms with Crippen LogP contribution in [0.4, 0.5) is 18.0 Å². The number of nitrogens with zero attached hydrogens (tertiary/aromatic N) is 1. The fourth-order valence-electron chi connectivity index (χ4n) is 1.45. The topological polar surface area (TPSA) is 69.6 Å². The monoisotopic (exact) mass is 284 g/mol. The number of nitrogens with one attached hydrogen (secondary N) is 1. The highest BCUT2D eigenvalue weighted by molar-refractivity contribution is 5.82. The molecule has 0 heterocycles. The lowest BCUT2D eigenvalue weighted by atomic mass is 9.99. The molecular formula is C11H19F3N2O3. The van der Waals surface area contributed by atoms with Gasteiger partial charge in [-0.15, -0.1) is 0 Å². The molecule has 0 aromatic rings. The summed E-state index contributed by atoms with van der Waals surface area (Å²) in [7, 11) is 0. The van der Waals surface area contributed by atoms with Crippen molar-refractivity contribution in [3.05, 3.63) is 0 Å². The Morgan fingerprint density at radius 1 is 1.32 bits per heavy atom. The highest BCUT2D eigenvalue weighted by Gasteiger charge is 2.34. The van der Waals surface area contributed by atoms with Crippen LogP contribution in [0.5, 0.6) is 0 Å². The molecule has 0 saturated carbocycles. The van der Waals surface area contributed by atoms with E-state index >= 15 is 0 Å². The van der Waals surface area contributed by atoms with Crippen molar-refractivity contribution in [1.29, 1.82) is 0 Å². The van der Waals surface area contributed by atoms with Gasteiger partial charge in [0.1, 0.15) is 12.6 Å². The van der Waals surface area contributed by atoms with Crippen molar-refractivity contribution in [3.8, 4) is 0 Å². The number of alkyl halides is 3. The number of carboxylic acids is 1. The number of amides is 2. The number of aliphatic carboxylic acids is 1. The van der Waals surface area contributed by atoms with E-state index in [2.05, 4.69) is 5.32 Å². The molecule has 112 valence electrons. The van der Waals surface area contributed by atoms with Gasteiger partial charge in [-0.05, 0) is 12.8 Å². The van der Waals surface area contributed by atoms with Crippen LogP contribution in [-0.4, -0.2) is 47.3 Å². The van der Waals surface area contributed by atoms with E-state index in [1.54, 1.807) is 13.8 Å². The van der Waals surface area contributed by atoms with Gasteiger partial charge in [-0.2, -0.15) is 13.2 Å². The lowest BCUT2D eigenvalue weighted by Gasteiger charge is -2.26. The molecule has 0 aromatic heterocycles. The van der Waals surface area contributed by atoms with Crippen LogP contribution in [0.25, 0.3) is 0 Å². The van der Waals surface area contributed by atoms with E-state index in [1.165, 1.54) is 6.92 Å². The summed E-state index contributed by atoms with van der Waals surface area (Å²) in [6.07, 6.45) is -4.02. The molecule has 0 aliphatic rings. The largest absolute Gasteiger partial charge is 0.480 e. The van der Waals surface area contributed by atoms with Gasteiger partial charge in [-0.25, -0.2) is 9.59 Å². The van der Waals surface area contributed by atoms with Gasteiger partial charge in [0.15, 0.2) is 0 Å². The van der Waals surface area contributed by atoms with Gasteiger partial charge in [0.25, 0.3) is 0 Å². The second-order valence-corrected chi connectivity index (χ2v) is 4.28. The van der Waals surface area contributed by atoms with Gasteiger partial charge in [-0.3, -0.25) is 0 Å². The van der Waals surface area contributed by atoms with Crippen molar-refractivity contribution in [3.63, 3.8) is 0 Å². The maximum atomic E-state index is 12.2. The molecule has 0 aliphatic carbocycles. The highest BCUT2D eigenvalue weighted by Crippen LogP contribution is 2.17. The minimum Gasteiger partial charge on any atom is -0.480 e. The summed E-state index contributed by atoms with van der Waals surface area (Å²) in [5, 5.41) is 11.1. The number of carbonyl (C=O) groups excluding carboxylic acids is 1. The Kier molecular flexibility index (Phi) is 6.64.